The first-order chi connectivity index (χ1) is 13.8. The van der Waals surface area contributed by atoms with Crippen LogP contribution in [-0.4, -0.2) is 41.2 Å². The molecule has 12 heteroatoms. The van der Waals surface area contributed by atoms with Crippen molar-refractivity contribution in [2.75, 3.05) is 11.9 Å². The third kappa shape index (κ3) is 3.83. The molecule has 3 heterocycles. The maximum Gasteiger partial charge on any atom is 0.336 e. The molecular formula is C17H13N7O4S. The third-order valence-corrected chi connectivity index (χ3v) is 5.68. The smallest absolute Gasteiger partial charge is 0.336 e. The fraction of sp³-hybridized carbons (Fsp3) is 0.176. The number of fused-ring (bicyclic) bond motifs is 1. The van der Waals surface area contributed by atoms with Gasteiger partial charge in [0.05, 0.1) is 23.0 Å². The minimum absolute atomic E-state index is 0.0687. The van der Waals surface area contributed by atoms with Crippen LogP contribution in [0.25, 0.3) is 0 Å². The van der Waals surface area contributed by atoms with Crippen molar-refractivity contribution < 1.29 is 18.0 Å². The molecular weight excluding hydrogens is 398 g/mol. The van der Waals surface area contributed by atoms with Gasteiger partial charge in [-0.05, 0) is 31.2 Å². The van der Waals surface area contributed by atoms with Gasteiger partial charge in [-0.15, -0.1) is 0 Å². The number of hydrogen-bond acceptors (Lipinski definition) is 8. The summed E-state index contributed by atoms with van der Waals surface area (Å²) < 4.78 is 25.8. The Morgan fingerprint density at radius 2 is 2.03 bits per heavy atom. The number of amides is 3. The number of pyridine rings is 2. The first-order valence-corrected chi connectivity index (χ1v) is 9.60. The summed E-state index contributed by atoms with van der Waals surface area (Å²) in [6.07, 6.45) is 1.34. The number of carbonyl (C=O) groups is 2. The standard InChI is InChI=1S/C17H13N7O4S/c1-10(13-4-2-11(6-18)8-20-13)21-15(25)9-24-17(26)23-14-5-3-12(7-19)22-16(14)29(24,27)28/h2-5,8,10H,9H2,1H3,(H,21,25)(H,23,26)/t10-/m0/s1. The monoisotopic (exact) mass is 411 g/mol. The fourth-order valence-electron chi connectivity index (χ4n) is 2.56. The lowest BCUT2D eigenvalue weighted by Crippen LogP contribution is -2.49. The molecule has 3 amide bonds. The first-order valence-electron chi connectivity index (χ1n) is 8.16. The van der Waals surface area contributed by atoms with Crippen LogP contribution in [0.4, 0.5) is 10.5 Å². The highest BCUT2D eigenvalue weighted by Gasteiger charge is 2.39. The van der Waals surface area contributed by atoms with Gasteiger partial charge in [0.25, 0.3) is 10.0 Å². The molecule has 1 aliphatic rings. The highest BCUT2D eigenvalue weighted by atomic mass is 32.2. The lowest BCUT2D eigenvalue weighted by molar-refractivity contribution is -0.121. The van der Waals surface area contributed by atoms with Crippen LogP contribution in [0.3, 0.4) is 0 Å². The maximum atomic E-state index is 12.7. The van der Waals surface area contributed by atoms with Crippen LogP contribution in [0.2, 0.25) is 0 Å². The zero-order chi connectivity index (χ0) is 21.2. The summed E-state index contributed by atoms with van der Waals surface area (Å²) in [6, 6.07) is 7.65. The van der Waals surface area contributed by atoms with Gasteiger partial charge in [-0.3, -0.25) is 9.78 Å². The van der Waals surface area contributed by atoms with Crippen molar-refractivity contribution in [2.45, 2.75) is 18.0 Å². The number of nitrogens with zero attached hydrogens (tertiary/aromatic N) is 5. The first kappa shape index (κ1) is 19.7. The summed E-state index contributed by atoms with van der Waals surface area (Å²) in [7, 11) is -4.42. The summed E-state index contributed by atoms with van der Waals surface area (Å²) in [4.78, 5) is 32.3. The van der Waals surface area contributed by atoms with E-state index in [1.54, 1.807) is 19.1 Å². The van der Waals surface area contributed by atoms with Gasteiger partial charge in [-0.25, -0.2) is 14.1 Å². The van der Waals surface area contributed by atoms with Crippen LogP contribution < -0.4 is 10.6 Å². The van der Waals surface area contributed by atoms with Crippen LogP contribution in [0.5, 0.6) is 0 Å². The second kappa shape index (κ2) is 7.53. The van der Waals surface area contributed by atoms with Crippen molar-refractivity contribution in [1.82, 2.24) is 19.6 Å². The second-order valence-corrected chi connectivity index (χ2v) is 7.75. The molecule has 3 rings (SSSR count). The number of sulfonamides is 1. The zero-order valence-electron chi connectivity index (χ0n) is 14.9. The number of nitriles is 2. The fourth-order valence-corrected chi connectivity index (χ4v) is 3.93. The average molecular weight is 411 g/mol. The number of aromatic nitrogens is 2. The average Bonchev–Trinajstić information content (AvgIpc) is 2.71. The lowest BCUT2D eigenvalue weighted by atomic mass is 10.2. The minimum atomic E-state index is -4.42. The van der Waals surface area contributed by atoms with Gasteiger partial charge in [0.2, 0.25) is 10.9 Å². The van der Waals surface area contributed by atoms with E-state index in [2.05, 4.69) is 20.6 Å². The van der Waals surface area contributed by atoms with Crippen LogP contribution >= 0.6 is 0 Å². The Kier molecular flexibility index (Phi) is 5.12. The van der Waals surface area contributed by atoms with Gasteiger partial charge in [-0.2, -0.15) is 18.9 Å². The molecule has 29 heavy (non-hydrogen) atoms. The van der Waals surface area contributed by atoms with E-state index in [1.807, 2.05) is 6.07 Å². The molecule has 0 spiro atoms. The molecule has 1 atom stereocenters. The normalized spacial score (nSPS) is 15.3. The Balaban J connectivity index is 1.78. The zero-order valence-corrected chi connectivity index (χ0v) is 15.8. The SMILES string of the molecule is C[C@H](NC(=O)CN1C(=O)Nc2ccc(C#N)nc2S1(=O)=O)c1ccc(C#N)cn1. The van der Waals surface area contributed by atoms with E-state index in [4.69, 9.17) is 10.5 Å². The van der Waals surface area contributed by atoms with Crippen molar-refractivity contribution in [3.8, 4) is 12.1 Å². The van der Waals surface area contributed by atoms with Gasteiger partial charge < -0.3 is 10.6 Å². The van der Waals surface area contributed by atoms with E-state index < -0.39 is 39.6 Å². The molecule has 1 aliphatic heterocycles. The number of rotatable bonds is 4. The summed E-state index contributed by atoms with van der Waals surface area (Å²) in [5.74, 6) is -0.748. The van der Waals surface area contributed by atoms with Crippen molar-refractivity contribution in [3.63, 3.8) is 0 Å². The molecule has 0 aliphatic carbocycles. The lowest BCUT2D eigenvalue weighted by Gasteiger charge is -2.27. The quantitative estimate of drug-likeness (QED) is 0.738. The van der Waals surface area contributed by atoms with Crippen LogP contribution in [0.1, 0.15) is 29.9 Å². The molecule has 0 radical (unpaired) electrons. The predicted octanol–water partition coefficient (Wildman–Crippen LogP) is 0.634. The van der Waals surface area contributed by atoms with Crippen molar-refractivity contribution in [1.29, 1.82) is 10.5 Å². The third-order valence-electron chi connectivity index (χ3n) is 4.00. The molecule has 0 saturated heterocycles. The highest BCUT2D eigenvalue weighted by Crippen LogP contribution is 2.28. The molecule has 2 aromatic heterocycles. The number of hydrogen-bond donors (Lipinski definition) is 2. The highest BCUT2D eigenvalue weighted by molar-refractivity contribution is 7.89. The summed E-state index contributed by atoms with van der Waals surface area (Å²) >= 11 is 0. The Morgan fingerprint density at radius 1 is 1.28 bits per heavy atom. The van der Waals surface area contributed by atoms with E-state index in [0.29, 0.717) is 15.6 Å². The van der Waals surface area contributed by atoms with Crippen LogP contribution in [0.15, 0.2) is 35.5 Å². The van der Waals surface area contributed by atoms with E-state index in [9.17, 15) is 18.0 Å². The topological polar surface area (TPSA) is 169 Å². The Morgan fingerprint density at radius 3 is 2.66 bits per heavy atom. The van der Waals surface area contributed by atoms with Crippen molar-refractivity contribution in [2.24, 2.45) is 0 Å². The maximum absolute atomic E-state index is 12.7. The Labute approximate surface area is 165 Å². The number of urea groups is 1. The van der Waals surface area contributed by atoms with Crippen molar-refractivity contribution >= 4 is 27.6 Å². The van der Waals surface area contributed by atoms with E-state index in [-0.39, 0.29) is 11.4 Å². The van der Waals surface area contributed by atoms with Crippen LogP contribution in [0, 0.1) is 22.7 Å². The van der Waals surface area contributed by atoms with E-state index in [0.717, 1.165) is 0 Å². The van der Waals surface area contributed by atoms with E-state index in [1.165, 1.54) is 24.4 Å². The molecule has 2 aromatic rings. The molecule has 2 N–H and O–H groups in total. The van der Waals surface area contributed by atoms with Gasteiger partial charge >= 0.3 is 6.03 Å². The predicted molar refractivity (Wildman–Crippen MR) is 97.4 cm³/mol. The van der Waals surface area contributed by atoms with Gasteiger partial charge in [0.15, 0.2) is 0 Å². The number of nitrogens with one attached hydrogen (secondary N) is 2. The van der Waals surface area contributed by atoms with Crippen LogP contribution in [-0.2, 0) is 14.8 Å². The number of carbonyl (C=O) groups excluding carboxylic acids is 2. The number of anilines is 1. The van der Waals surface area contributed by atoms with Crippen molar-refractivity contribution in [3.05, 3.63) is 47.4 Å². The Bertz CT molecular complexity index is 1180. The summed E-state index contributed by atoms with van der Waals surface area (Å²) in [6.45, 7) is 0.833. The second-order valence-electron chi connectivity index (χ2n) is 5.98. The summed E-state index contributed by atoms with van der Waals surface area (Å²) in [5.41, 5.74) is 0.592. The van der Waals surface area contributed by atoms with E-state index >= 15 is 0 Å². The minimum Gasteiger partial charge on any atom is -0.346 e. The van der Waals surface area contributed by atoms with Gasteiger partial charge in [0.1, 0.15) is 24.4 Å². The largest absolute Gasteiger partial charge is 0.346 e. The molecule has 0 fully saturated rings. The molecule has 0 aromatic carbocycles. The van der Waals surface area contributed by atoms with Gasteiger partial charge in [0, 0.05) is 6.20 Å². The molecule has 0 unspecified atom stereocenters. The molecule has 0 saturated carbocycles. The Hall–Kier alpha value is -4.03. The van der Waals surface area contributed by atoms with Gasteiger partial charge in [-0.1, -0.05) is 0 Å². The molecule has 146 valence electrons. The molecule has 11 nitrogen and oxygen atoms in total. The molecule has 0 bridgehead atoms. The summed E-state index contributed by atoms with van der Waals surface area (Å²) in [5, 5.41) is 22.1.